The summed E-state index contributed by atoms with van der Waals surface area (Å²) in [5.41, 5.74) is 1.66. The number of rotatable bonds is 5. The second-order valence-electron chi connectivity index (χ2n) is 9.88. The van der Waals surface area contributed by atoms with Crippen LogP contribution < -0.4 is 0 Å². The van der Waals surface area contributed by atoms with E-state index in [0.29, 0.717) is 45.6 Å². The summed E-state index contributed by atoms with van der Waals surface area (Å²) in [5.74, 6) is 0.410. The number of hydrogen-bond donors (Lipinski definition) is 0. The van der Waals surface area contributed by atoms with Crippen LogP contribution in [-0.2, 0) is 11.3 Å². The Hall–Kier alpha value is -3.79. The van der Waals surface area contributed by atoms with Gasteiger partial charge in [0.15, 0.2) is 17.1 Å². The molecule has 10 heteroatoms. The highest BCUT2D eigenvalue weighted by atomic mass is 19.1. The number of nitrogens with zero attached hydrogens (tertiary/aromatic N) is 8. The normalized spacial score (nSPS) is 18.8. The second-order valence-corrected chi connectivity index (χ2v) is 9.88. The first-order valence-electron chi connectivity index (χ1n) is 12.8. The van der Waals surface area contributed by atoms with E-state index in [0.717, 1.165) is 28.2 Å². The summed E-state index contributed by atoms with van der Waals surface area (Å²) >= 11 is 0. The molecule has 2 fully saturated rings. The fourth-order valence-corrected chi connectivity index (χ4v) is 5.51. The molecule has 0 atom stereocenters. The highest BCUT2D eigenvalue weighted by Gasteiger charge is 2.45. The first-order valence-corrected chi connectivity index (χ1v) is 12.8. The highest BCUT2D eigenvalue weighted by molar-refractivity contribution is 5.85. The summed E-state index contributed by atoms with van der Waals surface area (Å²) in [4.78, 5) is 31.1. The third-order valence-corrected chi connectivity index (χ3v) is 7.54. The average Bonchev–Trinajstić information content (AvgIpc) is 3.35. The molecule has 6 rings (SSSR count). The van der Waals surface area contributed by atoms with Gasteiger partial charge in [0.05, 0.1) is 6.20 Å². The average molecular weight is 501 g/mol. The quantitative estimate of drug-likeness (QED) is 0.414. The third kappa shape index (κ3) is 4.69. The number of halogens is 1. The largest absolute Gasteiger partial charge is 0.340 e. The van der Waals surface area contributed by atoms with Crippen molar-refractivity contribution in [3.05, 3.63) is 66.7 Å². The van der Waals surface area contributed by atoms with E-state index in [2.05, 4.69) is 29.6 Å². The van der Waals surface area contributed by atoms with Gasteiger partial charge in [-0.3, -0.25) is 14.7 Å². The van der Waals surface area contributed by atoms with Gasteiger partial charge in [-0.15, -0.1) is 0 Å². The molecule has 2 aliphatic heterocycles. The van der Waals surface area contributed by atoms with Crippen LogP contribution in [0.1, 0.15) is 37.3 Å². The van der Waals surface area contributed by atoms with E-state index in [1.165, 1.54) is 0 Å². The topological polar surface area (TPSA) is 92.9 Å². The molecule has 2 saturated heterocycles. The van der Waals surface area contributed by atoms with Crippen LogP contribution in [0, 0.1) is 0 Å². The van der Waals surface area contributed by atoms with Crippen LogP contribution in [0.2, 0.25) is 0 Å². The van der Waals surface area contributed by atoms with Gasteiger partial charge in [-0.2, -0.15) is 10.2 Å². The number of piperidine rings is 2. The standard InChI is InChI=1S/C27H29FN8O/c28-27(9-16-34(17-10-27)19-20-6-13-31-32-18-20)26(37)35-14-7-21(8-15-35)36-24-23(5-3-12-30-24)33-25(36)22-4-1-2-11-29-22/h1-6,11-13,18,21H,7-10,14-17,19H2. The number of alkyl halides is 1. The summed E-state index contributed by atoms with van der Waals surface area (Å²) in [5, 5.41) is 7.71. The van der Waals surface area contributed by atoms with Crippen LogP contribution in [0.3, 0.4) is 0 Å². The summed E-state index contributed by atoms with van der Waals surface area (Å²) in [6.45, 7) is 2.80. The maximum atomic E-state index is 15.9. The Bertz CT molecular complexity index is 1360. The van der Waals surface area contributed by atoms with Gasteiger partial charge in [0, 0.05) is 70.2 Å². The van der Waals surface area contributed by atoms with Crippen molar-refractivity contribution in [2.45, 2.75) is 43.9 Å². The Balaban J connectivity index is 1.13. The zero-order chi connectivity index (χ0) is 25.2. The van der Waals surface area contributed by atoms with E-state index < -0.39 is 5.67 Å². The number of aromatic nitrogens is 6. The number of amides is 1. The molecular formula is C27H29FN8O. The maximum absolute atomic E-state index is 15.9. The molecule has 0 saturated carbocycles. The molecule has 190 valence electrons. The monoisotopic (exact) mass is 500 g/mol. The van der Waals surface area contributed by atoms with Gasteiger partial charge in [0.25, 0.3) is 5.91 Å². The molecule has 4 aromatic heterocycles. The van der Waals surface area contributed by atoms with Crippen molar-refractivity contribution in [1.29, 1.82) is 0 Å². The molecule has 9 nitrogen and oxygen atoms in total. The number of carbonyl (C=O) groups excluding carboxylic acids is 1. The molecule has 1 amide bonds. The molecule has 0 unspecified atom stereocenters. The molecule has 0 aliphatic carbocycles. The predicted molar refractivity (Wildman–Crippen MR) is 136 cm³/mol. The van der Waals surface area contributed by atoms with Crippen LogP contribution in [0.15, 0.2) is 61.2 Å². The number of hydrogen-bond acceptors (Lipinski definition) is 7. The van der Waals surface area contributed by atoms with Crippen molar-refractivity contribution in [1.82, 2.24) is 39.5 Å². The Morgan fingerprint density at radius 3 is 2.49 bits per heavy atom. The van der Waals surface area contributed by atoms with Gasteiger partial charge in [0.2, 0.25) is 0 Å². The number of likely N-dealkylation sites (tertiary alicyclic amines) is 2. The van der Waals surface area contributed by atoms with E-state index in [1.807, 2.05) is 36.4 Å². The van der Waals surface area contributed by atoms with Gasteiger partial charge in [-0.05, 0) is 48.7 Å². The molecule has 0 bridgehead atoms. The van der Waals surface area contributed by atoms with Gasteiger partial charge < -0.3 is 9.47 Å². The van der Waals surface area contributed by atoms with E-state index in [4.69, 9.17) is 4.98 Å². The van der Waals surface area contributed by atoms with Gasteiger partial charge in [-0.25, -0.2) is 14.4 Å². The Kier molecular flexibility index (Phi) is 6.33. The second kappa shape index (κ2) is 9.93. The zero-order valence-electron chi connectivity index (χ0n) is 20.6. The lowest BCUT2D eigenvalue weighted by Gasteiger charge is -2.40. The summed E-state index contributed by atoms with van der Waals surface area (Å²) in [6.07, 6.45) is 8.77. The molecule has 0 aromatic carbocycles. The number of pyridine rings is 2. The van der Waals surface area contributed by atoms with E-state index in [-0.39, 0.29) is 24.8 Å². The van der Waals surface area contributed by atoms with Crippen molar-refractivity contribution in [2.75, 3.05) is 26.2 Å². The number of carbonyl (C=O) groups is 1. The first-order chi connectivity index (χ1) is 18.1. The van der Waals surface area contributed by atoms with Crippen molar-refractivity contribution < 1.29 is 9.18 Å². The number of imidazole rings is 1. The minimum absolute atomic E-state index is 0.104. The maximum Gasteiger partial charge on any atom is 0.260 e. The van der Waals surface area contributed by atoms with Crippen molar-refractivity contribution >= 4 is 17.1 Å². The van der Waals surface area contributed by atoms with E-state index in [1.54, 1.807) is 29.7 Å². The Morgan fingerprint density at radius 1 is 0.946 bits per heavy atom. The van der Waals surface area contributed by atoms with E-state index >= 15 is 4.39 Å². The van der Waals surface area contributed by atoms with Crippen molar-refractivity contribution in [3.63, 3.8) is 0 Å². The lowest BCUT2D eigenvalue weighted by molar-refractivity contribution is -0.148. The van der Waals surface area contributed by atoms with Crippen LogP contribution in [0.4, 0.5) is 4.39 Å². The first kappa shape index (κ1) is 23.6. The smallest absolute Gasteiger partial charge is 0.260 e. The molecule has 0 N–H and O–H groups in total. The lowest BCUT2D eigenvalue weighted by Crippen LogP contribution is -2.53. The molecule has 6 heterocycles. The lowest BCUT2D eigenvalue weighted by atomic mass is 9.90. The predicted octanol–water partition coefficient (Wildman–Crippen LogP) is 3.45. The molecule has 4 aromatic rings. The minimum Gasteiger partial charge on any atom is -0.340 e. The molecule has 2 aliphatic rings. The molecular weight excluding hydrogens is 471 g/mol. The zero-order valence-corrected chi connectivity index (χ0v) is 20.6. The van der Waals surface area contributed by atoms with Crippen molar-refractivity contribution in [3.8, 4) is 11.5 Å². The van der Waals surface area contributed by atoms with Crippen LogP contribution in [0.25, 0.3) is 22.7 Å². The fraction of sp³-hybridized carbons (Fsp3) is 0.407. The minimum atomic E-state index is -1.80. The molecule has 0 spiro atoms. The molecule has 0 radical (unpaired) electrons. The van der Waals surface area contributed by atoms with Crippen LogP contribution >= 0.6 is 0 Å². The highest BCUT2D eigenvalue weighted by Crippen LogP contribution is 2.35. The van der Waals surface area contributed by atoms with Crippen LogP contribution in [0.5, 0.6) is 0 Å². The Morgan fingerprint density at radius 2 is 1.76 bits per heavy atom. The third-order valence-electron chi connectivity index (χ3n) is 7.54. The summed E-state index contributed by atoms with van der Waals surface area (Å²) < 4.78 is 18.0. The van der Waals surface area contributed by atoms with Gasteiger partial charge in [0.1, 0.15) is 11.2 Å². The SMILES string of the molecule is O=C(N1CCC(n2c(-c3ccccn3)nc3cccnc32)CC1)C1(F)CCN(Cc2ccnnc2)CC1. The summed E-state index contributed by atoms with van der Waals surface area (Å²) in [7, 11) is 0. The molecule has 37 heavy (non-hydrogen) atoms. The fourth-order valence-electron chi connectivity index (χ4n) is 5.51. The summed E-state index contributed by atoms with van der Waals surface area (Å²) in [6, 6.07) is 11.6. The van der Waals surface area contributed by atoms with Gasteiger partial charge in [-0.1, -0.05) is 6.07 Å². The number of fused-ring (bicyclic) bond motifs is 1. The Labute approximate surface area is 214 Å². The van der Waals surface area contributed by atoms with Gasteiger partial charge >= 0.3 is 0 Å². The van der Waals surface area contributed by atoms with Crippen molar-refractivity contribution in [2.24, 2.45) is 0 Å². The van der Waals surface area contributed by atoms with Crippen LogP contribution in [-0.4, -0.2) is 77.3 Å². The van der Waals surface area contributed by atoms with E-state index in [9.17, 15) is 4.79 Å².